The summed E-state index contributed by atoms with van der Waals surface area (Å²) >= 11 is 1.49. The molecule has 29 heavy (non-hydrogen) atoms. The van der Waals surface area contributed by atoms with Gasteiger partial charge in [0.25, 0.3) is 0 Å². The maximum absolute atomic E-state index is 13.3. The van der Waals surface area contributed by atoms with Crippen molar-refractivity contribution in [2.24, 2.45) is 0 Å². The summed E-state index contributed by atoms with van der Waals surface area (Å²) in [6.45, 7) is 9.91. The highest BCUT2D eigenvalue weighted by atomic mass is 32.2. The highest BCUT2D eigenvalue weighted by molar-refractivity contribution is 7.99. The van der Waals surface area contributed by atoms with Gasteiger partial charge in [-0.05, 0) is 38.1 Å². The van der Waals surface area contributed by atoms with Crippen LogP contribution >= 0.6 is 11.8 Å². The summed E-state index contributed by atoms with van der Waals surface area (Å²) in [5, 5.41) is 11.5. The molecule has 2 heterocycles. The van der Waals surface area contributed by atoms with Gasteiger partial charge in [-0.1, -0.05) is 25.9 Å². The quantitative estimate of drug-likeness (QED) is 0.626. The lowest BCUT2D eigenvalue weighted by Gasteiger charge is -2.14. The molecular weight excluding hydrogens is 391 g/mol. The van der Waals surface area contributed by atoms with Crippen molar-refractivity contribution in [1.29, 1.82) is 0 Å². The van der Waals surface area contributed by atoms with Crippen LogP contribution < -0.4 is 5.32 Å². The summed E-state index contributed by atoms with van der Waals surface area (Å²) in [5.74, 6) is 1.82. The Morgan fingerprint density at radius 2 is 1.93 bits per heavy atom. The number of amides is 1. The summed E-state index contributed by atoms with van der Waals surface area (Å²) in [6, 6.07) is 7.88. The Balaban J connectivity index is 1.74. The molecule has 6 nitrogen and oxygen atoms in total. The first-order valence-corrected chi connectivity index (χ1v) is 10.5. The van der Waals surface area contributed by atoms with E-state index < -0.39 is 0 Å². The minimum absolute atomic E-state index is 0.134. The average molecular weight is 417 g/mol. The first-order valence-electron chi connectivity index (χ1n) is 9.31. The van der Waals surface area contributed by atoms with Crippen LogP contribution in [0.5, 0.6) is 0 Å². The second-order valence-corrected chi connectivity index (χ2v) is 8.88. The number of halogens is 1. The zero-order chi connectivity index (χ0) is 21.2. The van der Waals surface area contributed by atoms with Crippen molar-refractivity contribution in [2.75, 3.05) is 11.1 Å². The third kappa shape index (κ3) is 5.06. The number of aromatic nitrogens is 3. The van der Waals surface area contributed by atoms with Crippen molar-refractivity contribution in [2.45, 2.75) is 45.8 Å². The fourth-order valence-corrected chi connectivity index (χ4v) is 3.72. The Hall–Kier alpha value is -2.61. The lowest BCUT2D eigenvalue weighted by molar-refractivity contribution is -0.113. The van der Waals surface area contributed by atoms with Crippen molar-refractivity contribution in [3.05, 3.63) is 58.9 Å². The first kappa shape index (κ1) is 21.1. The zero-order valence-electron chi connectivity index (χ0n) is 17.2. The molecule has 0 aliphatic carbocycles. The molecule has 0 spiro atoms. The number of carbonyl (C=O) groups is 1. The lowest BCUT2D eigenvalue weighted by Crippen LogP contribution is -2.17. The van der Waals surface area contributed by atoms with E-state index in [1.807, 2.05) is 19.9 Å². The minimum Gasteiger partial charge on any atom is -0.361 e. The fraction of sp³-hybridized carbons (Fsp3) is 0.381. The van der Waals surface area contributed by atoms with Crippen molar-refractivity contribution in [3.8, 4) is 5.69 Å². The number of hydrogen-bond donors (Lipinski definition) is 1. The maximum atomic E-state index is 13.3. The fourth-order valence-electron chi connectivity index (χ4n) is 2.75. The molecule has 154 valence electrons. The van der Waals surface area contributed by atoms with Crippen molar-refractivity contribution < 1.29 is 13.7 Å². The predicted octanol–water partition coefficient (Wildman–Crippen LogP) is 4.79. The SMILES string of the molecule is Cc1noc(C)c1CSCC(=O)Nc1cc(C(C)(C)C)nn1-c1ccc(F)cc1. The van der Waals surface area contributed by atoms with E-state index in [2.05, 4.69) is 36.3 Å². The molecule has 0 aliphatic heterocycles. The largest absolute Gasteiger partial charge is 0.361 e. The van der Waals surface area contributed by atoms with Crippen LogP contribution in [0.1, 0.15) is 43.5 Å². The van der Waals surface area contributed by atoms with Gasteiger partial charge in [-0.3, -0.25) is 4.79 Å². The van der Waals surface area contributed by atoms with Gasteiger partial charge in [0.1, 0.15) is 17.4 Å². The maximum Gasteiger partial charge on any atom is 0.235 e. The Kier molecular flexibility index (Phi) is 6.12. The van der Waals surface area contributed by atoms with Gasteiger partial charge in [0.05, 0.1) is 22.8 Å². The molecule has 0 saturated carbocycles. The standard InChI is InChI=1S/C21H25FN4O2S/c1-13-17(14(2)28-25-13)11-29-12-20(27)23-19-10-18(21(3,4)5)24-26(19)16-8-6-15(22)7-9-16/h6-10H,11-12H2,1-5H3,(H,23,27). The van der Waals surface area contributed by atoms with Gasteiger partial charge < -0.3 is 9.84 Å². The molecule has 3 rings (SSSR count). The van der Waals surface area contributed by atoms with Gasteiger partial charge in [0.2, 0.25) is 5.91 Å². The predicted molar refractivity (Wildman–Crippen MR) is 113 cm³/mol. The molecule has 1 aromatic carbocycles. The Bertz CT molecular complexity index is 983. The number of thioether (sulfide) groups is 1. The molecule has 3 aromatic rings. The summed E-state index contributed by atoms with van der Waals surface area (Å²) in [7, 11) is 0. The van der Waals surface area contributed by atoms with E-state index in [1.165, 1.54) is 23.9 Å². The number of aryl methyl sites for hydroxylation is 2. The van der Waals surface area contributed by atoms with Crippen LogP contribution in [0.2, 0.25) is 0 Å². The number of carbonyl (C=O) groups excluding carboxylic acids is 1. The van der Waals surface area contributed by atoms with E-state index in [-0.39, 0.29) is 22.9 Å². The van der Waals surface area contributed by atoms with Crippen LogP contribution in [-0.4, -0.2) is 26.6 Å². The molecule has 8 heteroatoms. The minimum atomic E-state index is -0.321. The lowest BCUT2D eigenvalue weighted by atomic mass is 9.92. The molecule has 0 radical (unpaired) electrons. The molecule has 0 fully saturated rings. The topological polar surface area (TPSA) is 73.0 Å². The Morgan fingerprint density at radius 3 is 2.52 bits per heavy atom. The highest BCUT2D eigenvalue weighted by Gasteiger charge is 2.21. The zero-order valence-corrected chi connectivity index (χ0v) is 18.1. The first-order chi connectivity index (χ1) is 13.6. The number of nitrogens with one attached hydrogen (secondary N) is 1. The van der Waals surface area contributed by atoms with Gasteiger partial charge in [-0.25, -0.2) is 9.07 Å². The molecule has 0 atom stereocenters. The molecule has 0 bridgehead atoms. The van der Waals surface area contributed by atoms with Gasteiger partial charge >= 0.3 is 0 Å². The smallest absolute Gasteiger partial charge is 0.235 e. The third-order valence-corrected chi connectivity index (χ3v) is 5.44. The van der Waals surface area contributed by atoms with Gasteiger partial charge in [0.15, 0.2) is 0 Å². The van der Waals surface area contributed by atoms with E-state index in [4.69, 9.17) is 4.52 Å². The summed E-state index contributed by atoms with van der Waals surface area (Å²) in [4.78, 5) is 12.5. The monoisotopic (exact) mass is 416 g/mol. The third-order valence-electron chi connectivity index (χ3n) is 4.48. The van der Waals surface area contributed by atoms with Crippen LogP contribution in [0.4, 0.5) is 10.2 Å². The van der Waals surface area contributed by atoms with Gasteiger partial charge in [-0.15, -0.1) is 11.8 Å². The van der Waals surface area contributed by atoms with E-state index in [9.17, 15) is 9.18 Å². The summed E-state index contributed by atoms with van der Waals surface area (Å²) in [5.41, 5.74) is 3.19. The number of anilines is 1. The van der Waals surface area contributed by atoms with Crippen LogP contribution in [0.25, 0.3) is 5.69 Å². The molecule has 2 aromatic heterocycles. The normalized spacial score (nSPS) is 11.7. The average Bonchev–Trinajstić information content (AvgIpc) is 3.20. The summed E-state index contributed by atoms with van der Waals surface area (Å²) in [6.07, 6.45) is 0. The van der Waals surface area contributed by atoms with Crippen LogP contribution in [0.3, 0.4) is 0 Å². The molecule has 1 amide bonds. The number of hydrogen-bond acceptors (Lipinski definition) is 5. The van der Waals surface area contributed by atoms with Crippen LogP contribution in [-0.2, 0) is 16.0 Å². The molecule has 0 aliphatic rings. The van der Waals surface area contributed by atoms with E-state index in [1.54, 1.807) is 16.8 Å². The molecular formula is C21H25FN4O2S. The number of benzene rings is 1. The summed E-state index contributed by atoms with van der Waals surface area (Å²) < 4.78 is 20.1. The van der Waals surface area contributed by atoms with Gasteiger partial charge in [-0.2, -0.15) is 5.10 Å². The van der Waals surface area contributed by atoms with Crippen molar-refractivity contribution in [1.82, 2.24) is 14.9 Å². The number of nitrogens with zero attached hydrogens (tertiary/aromatic N) is 3. The Morgan fingerprint density at radius 1 is 1.24 bits per heavy atom. The number of rotatable bonds is 6. The Labute approximate surface area is 173 Å². The second-order valence-electron chi connectivity index (χ2n) is 7.90. The second kappa shape index (κ2) is 8.41. The van der Waals surface area contributed by atoms with Crippen LogP contribution in [0, 0.1) is 19.7 Å². The van der Waals surface area contributed by atoms with Crippen molar-refractivity contribution >= 4 is 23.5 Å². The highest BCUT2D eigenvalue weighted by Crippen LogP contribution is 2.27. The van der Waals surface area contributed by atoms with E-state index in [0.29, 0.717) is 17.3 Å². The van der Waals surface area contributed by atoms with Gasteiger partial charge in [0, 0.05) is 22.8 Å². The van der Waals surface area contributed by atoms with E-state index >= 15 is 0 Å². The molecule has 0 unspecified atom stereocenters. The van der Waals surface area contributed by atoms with Crippen LogP contribution in [0.15, 0.2) is 34.9 Å². The van der Waals surface area contributed by atoms with Crippen molar-refractivity contribution in [3.63, 3.8) is 0 Å². The van der Waals surface area contributed by atoms with E-state index in [0.717, 1.165) is 22.7 Å². The molecule has 1 N–H and O–H groups in total. The molecule has 0 saturated heterocycles.